The fourth-order valence-electron chi connectivity index (χ4n) is 6.22. The lowest BCUT2D eigenvalue weighted by Gasteiger charge is -2.37. The van der Waals surface area contributed by atoms with E-state index in [4.69, 9.17) is 0 Å². The molecular formula is C34H44F2N2O4. The van der Waals surface area contributed by atoms with Crippen molar-refractivity contribution in [1.82, 2.24) is 9.80 Å². The summed E-state index contributed by atoms with van der Waals surface area (Å²) >= 11 is 0. The van der Waals surface area contributed by atoms with Crippen molar-refractivity contribution >= 4 is 17.6 Å². The number of hydrogen-bond donors (Lipinski definition) is 1. The van der Waals surface area contributed by atoms with Crippen molar-refractivity contribution in [2.45, 2.75) is 78.2 Å². The van der Waals surface area contributed by atoms with E-state index in [1.54, 1.807) is 23.1 Å². The zero-order chi connectivity index (χ0) is 30.4. The summed E-state index contributed by atoms with van der Waals surface area (Å²) < 4.78 is 28.2. The second-order valence-corrected chi connectivity index (χ2v) is 12.2. The van der Waals surface area contributed by atoms with Crippen LogP contribution in [0.15, 0.2) is 36.4 Å². The average molecular weight is 583 g/mol. The number of hydrogen-bond acceptors (Lipinski definition) is 4. The molecule has 2 amide bonds. The number of ketones is 1. The third kappa shape index (κ3) is 8.24. The number of halogens is 2. The van der Waals surface area contributed by atoms with Crippen LogP contribution in [0.1, 0.15) is 90.6 Å². The van der Waals surface area contributed by atoms with Gasteiger partial charge in [0.2, 0.25) is 5.91 Å². The molecule has 3 atom stereocenters. The number of aliphatic hydroxyl groups is 1. The zero-order valence-electron chi connectivity index (χ0n) is 25.1. The van der Waals surface area contributed by atoms with Gasteiger partial charge in [-0.25, -0.2) is 8.78 Å². The van der Waals surface area contributed by atoms with E-state index in [0.717, 1.165) is 43.7 Å². The van der Waals surface area contributed by atoms with Crippen molar-refractivity contribution in [2.75, 3.05) is 26.2 Å². The second-order valence-electron chi connectivity index (χ2n) is 12.2. The smallest absolute Gasteiger partial charge is 0.253 e. The molecule has 1 aliphatic carbocycles. The lowest BCUT2D eigenvalue weighted by Crippen LogP contribution is -2.48. The molecule has 2 aromatic carbocycles. The van der Waals surface area contributed by atoms with Crippen LogP contribution in [0.3, 0.4) is 0 Å². The number of likely N-dealkylation sites (tertiary alicyclic amines) is 1. The molecule has 4 rings (SSSR count). The van der Waals surface area contributed by atoms with Crippen LogP contribution in [-0.4, -0.2) is 64.8 Å². The van der Waals surface area contributed by atoms with Gasteiger partial charge in [0.25, 0.3) is 5.91 Å². The highest BCUT2D eigenvalue weighted by Crippen LogP contribution is 2.34. The normalized spacial score (nSPS) is 18.6. The highest BCUT2D eigenvalue weighted by Gasteiger charge is 2.40. The van der Waals surface area contributed by atoms with Gasteiger partial charge in [-0.05, 0) is 105 Å². The molecule has 0 radical (unpaired) electrons. The maximum absolute atomic E-state index is 14.1. The lowest BCUT2D eigenvalue weighted by molar-refractivity contribution is -0.144. The van der Waals surface area contributed by atoms with Gasteiger partial charge in [-0.15, -0.1) is 0 Å². The van der Waals surface area contributed by atoms with Crippen molar-refractivity contribution in [1.29, 1.82) is 0 Å². The Morgan fingerprint density at radius 1 is 0.976 bits per heavy atom. The van der Waals surface area contributed by atoms with Gasteiger partial charge in [-0.1, -0.05) is 13.8 Å². The second kappa shape index (κ2) is 14.4. The number of nitrogens with zero attached hydrogens (tertiary/aromatic N) is 2. The van der Waals surface area contributed by atoms with E-state index in [1.165, 1.54) is 12.1 Å². The van der Waals surface area contributed by atoms with Crippen LogP contribution in [0.2, 0.25) is 0 Å². The first-order chi connectivity index (χ1) is 20.1. The molecule has 1 saturated heterocycles. The molecule has 1 N–H and O–H groups in total. The predicted octanol–water partition coefficient (Wildman–Crippen LogP) is 5.98. The molecule has 6 nitrogen and oxygen atoms in total. The Kier molecular flexibility index (Phi) is 10.9. The molecule has 228 valence electrons. The highest BCUT2D eigenvalue weighted by molar-refractivity contribution is 6.01. The molecule has 0 spiro atoms. The summed E-state index contributed by atoms with van der Waals surface area (Å²) in [7, 11) is 0. The largest absolute Gasteiger partial charge is 0.392 e. The number of aliphatic hydroxyl groups excluding tert-OH is 1. The van der Waals surface area contributed by atoms with Gasteiger partial charge in [0.05, 0.1) is 12.0 Å². The number of amides is 2. The summed E-state index contributed by atoms with van der Waals surface area (Å²) in [6.07, 6.45) is 3.85. The Balaban J connectivity index is 1.59. The molecule has 1 heterocycles. The van der Waals surface area contributed by atoms with Crippen LogP contribution in [0.25, 0.3) is 0 Å². The van der Waals surface area contributed by atoms with Gasteiger partial charge in [0.1, 0.15) is 11.6 Å². The Morgan fingerprint density at radius 3 is 2.24 bits per heavy atom. The third-order valence-corrected chi connectivity index (χ3v) is 8.43. The molecule has 42 heavy (non-hydrogen) atoms. The minimum Gasteiger partial charge on any atom is -0.392 e. The monoisotopic (exact) mass is 582 g/mol. The standard InChI is InChI=1S/C34H44F2N2O4/c1-4-10-37(11-5-2)33(41)27-14-22(3)13-25(18-27)31(39)19-26(15-24-16-28(35)20-29(36)17-24)32(40)30-7-6-12-38(34(30)42)21-23-8-9-23/h13-14,16-18,20,23,26,30,32,40H,4-12,15,19,21H2,1-3H3/t26-,30+,32+/m1/s1. The first-order valence-electron chi connectivity index (χ1n) is 15.5. The van der Waals surface area contributed by atoms with Gasteiger partial charge in [0.15, 0.2) is 5.78 Å². The van der Waals surface area contributed by atoms with E-state index in [9.17, 15) is 28.3 Å². The van der Waals surface area contributed by atoms with Gasteiger partial charge < -0.3 is 14.9 Å². The predicted molar refractivity (Wildman–Crippen MR) is 158 cm³/mol. The fraction of sp³-hybridized carbons (Fsp3) is 0.559. The summed E-state index contributed by atoms with van der Waals surface area (Å²) in [6.45, 7) is 8.44. The lowest BCUT2D eigenvalue weighted by atomic mass is 9.79. The quantitative estimate of drug-likeness (QED) is 0.278. The molecule has 0 unspecified atom stereocenters. The van der Waals surface area contributed by atoms with Crippen molar-refractivity contribution < 1.29 is 28.3 Å². The maximum atomic E-state index is 14.1. The first kappa shape index (κ1) is 31.8. The van der Waals surface area contributed by atoms with E-state index in [0.29, 0.717) is 55.2 Å². The molecular weight excluding hydrogens is 538 g/mol. The summed E-state index contributed by atoms with van der Waals surface area (Å²) in [5.74, 6) is -2.92. The zero-order valence-corrected chi connectivity index (χ0v) is 25.1. The third-order valence-electron chi connectivity index (χ3n) is 8.43. The van der Waals surface area contributed by atoms with Crippen LogP contribution < -0.4 is 0 Å². The number of carbonyl (C=O) groups excluding carboxylic acids is 3. The van der Waals surface area contributed by atoms with E-state index >= 15 is 0 Å². The summed E-state index contributed by atoms with van der Waals surface area (Å²) in [5.41, 5.74) is 1.86. The van der Waals surface area contributed by atoms with E-state index < -0.39 is 29.6 Å². The summed E-state index contributed by atoms with van der Waals surface area (Å²) in [6, 6.07) is 8.28. The van der Waals surface area contributed by atoms with E-state index in [-0.39, 0.29) is 30.4 Å². The molecule has 2 aromatic rings. The topological polar surface area (TPSA) is 77.9 Å². The number of benzene rings is 2. The Hall–Kier alpha value is -3.13. The Bertz CT molecular complexity index is 1250. The van der Waals surface area contributed by atoms with Crippen molar-refractivity contribution in [3.8, 4) is 0 Å². The number of rotatable bonds is 14. The average Bonchev–Trinajstić information content (AvgIpc) is 3.76. The first-order valence-corrected chi connectivity index (χ1v) is 15.5. The molecule has 0 aromatic heterocycles. The molecule has 2 fully saturated rings. The van der Waals surface area contributed by atoms with E-state index in [1.807, 2.05) is 25.7 Å². The number of Topliss-reactive ketones (excluding diaryl/α,β-unsaturated/α-hetero) is 1. The van der Waals surface area contributed by atoms with Crippen molar-refractivity contribution in [3.05, 3.63) is 70.3 Å². The van der Waals surface area contributed by atoms with Gasteiger partial charge in [0, 0.05) is 49.8 Å². The summed E-state index contributed by atoms with van der Waals surface area (Å²) in [4.78, 5) is 44.1. The van der Waals surface area contributed by atoms with Crippen LogP contribution in [-0.2, 0) is 11.2 Å². The van der Waals surface area contributed by atoms with Crippen LogP contribution in [0, 0.1) is 36.3 Å². The van der Waals surface area contributed by atoms with Crippen LogP contribution in [0.4, 0.5) is 8.78 Å². The summed E-state index contributed by atoms with van der Waals surface area (Å²) in [5, 5.41) is 11.6. The van der Waals surface area contributed by atoms with Gasteiger partial charge in [-0.2, -0.15) is 0 Å². The Morgan fingerprint density at radius 2 is 1.62 bits per heavy atom. The molecule has 0 bridgehead atoms. The molecule has 1 aliphatic heterocycles. The number of piperidine rings is 1. The van der Waals surface area contributed by atoms with Gasteiger partial charge in [-0.3, -0.25) is 14.4 Å². The van der Waals surface area contributed by atoms with Crippen molar-refractivity contribution in [3.63, 3.8) is 0 Å². The SMILES string of the molecule is CCCN(CCC)C(=O)c1cc(C)cc(C(=O)C[C@@H](Cc2cc(F)cc(F)c2)[C@H](O)[C@@H]2CCCN(CC3CC3)C2=O)c1. The minimum atomic E-state index is -1.16. The van der Waals surface area contributed by atoms with E-state index in [2.05, 4.69) is 0 Å². The van der Waals surface area contributed by atoms with Gasteiger partial charge >= 0.3 is 0 Å². The molecule has 1 saturated carbocycles. The molecule has 2 aliphatic rings. The fourth-order valence-corrected chi connectivity index (χ4v) is 6.22. The van der Waals surface area contributed by atoms with Crippen LogP contribution >= 0.6 is 0 Å². The number of carbonyl (C=O) groups is 3. The van der Waals surface area contributed by atoms with Crippen LogP contribution in [0.5, 0.6) is 0 Å². The Labute approximate surface area is 248 Å². The van der Waals surface area contributed by atoms with Crippen molar-refractivity contribution in [2.24, 2.45) is 17.8 Å². The number of aryl methyl sites for hydroxylation is 1. The molecule has 8 heteroatoms. The highest BCUT2D eigenvalue weighted by atomic mass is 19.1. The minimum absolute atomic E-state index is 0.0341. The maximum Gasteiger partial charge on any atom is 0.253 e.